The summed E-state index contributed by atoms with van der Waals surface area (Å²) in [5, 5.41) is 9.17. The third-order valence-electron chi connectivity index (χ3n) is 4.34. The van der Waals surface area contributed by atoms with Crippen LogP contribution in [-0.2, 0) is 10.0 Å². The SMILES string of the molecule is N[C@H]1CN(S(=O)(=O)c2ccccc2C(=O)O)C[C@@H]1C1CC1. The second-order valence-corrected chi connectivity index (χ2v) is 7.69. The van der Waals surface area contributed by atoms with Crippen molar-refractivity contribution in [2.75, 3.05) is 13.1 Å². The van der Waals surface area contributed by atoms with Crippen molar-refractivity contribution < 1.29 is 18.3 Å². The van der Waals surface area contributed by atoms with E-state index in [9.17, 15) is 13.2 Å². The summed E-state index contributed by atoms with van der Waals surface area (Å²) in [6, 6.07) is 5.54. The summed E-state index contributed by atoms with van der Waals surface area (Å²) in [5.74, 6) is -0.525. The van der Waals surface area contributed by atoms with Gasteiger partial charge in [-0.1, -0.05) is 12.1 Å². The maximum Gasteiger partial charge on any atom is 0.337 e. The zero-order valence-electron chi connectivity index (χ0n) is 11.5. The van der Waals surface area contributed by atoms with Gasteiger partial charge in [-0.3, -0.25) is 0 Å². The van der Waals surface area contributed by atoms with Gasteiger partial charge in [0.15, 0.2) is 0 Å². The lowest BCUT2D eigenvalue weighted by molar-refractivity contribution is 0.0692. The Balaban J connectivity index is 1.93. The predicted octanol–water partition coefficient (Wildman–Crippen LogP) is 0.743. The molecule has 1 aromatic rings. The standard InChI is InChI=1S/C14H18N2O4S/c15-12-8-16(7-11(12)9-5-6-9)21(19,20)13-4-2-1-3-10(13)14(17)18/h1-4,9,11-12H,5-8,15H2,(H,17,18)/t11-,12+/m1/s1. The summed E-state index contributed by atoms with van der Waals surface area (Å²) in [7, 11) is -3.81. The van der Waals surface area contributed by atoms with Gasteiger partial charge in [-0.2, -0.15) is 4.31 Å². The number of carbonyl (C=O) groups is 1. The largest absolute Gasteiger partial charge is 0.478 e. The molecular weight excluding hydrogens is 292 g/mol. The number of benzene rings is 1. The molecule has 2 atom stereocenters. The van der Waals surface area contributed by atoms with Crippen molar-refractivity contribution in [1.82, 2.24) is 4.31 Å². The average molecular weight is 310 g/mol. The molecule has 2 aliphatic rings. The third-order valence-corrected chi connectivity index (χ3v) is 6.23. The van der Waals surface area contributed by atoms with Gasteiger partial charge in [-0.15, -0.1) is 0 Å². The van der Waals surface area contributed by atoms with Gasteiger partial charge >= 0.3 is 5.97 Å². The number of nitrogens with zero attached hydrogens (tertiary/aromatic N) is 1. The third kappa shape index (κ3) is 2.56. The molecule has 0 amide bonds. The fraction of sp³-hybridized carbons (Fsp3) is 0.500. The summed E-state index contributed by atoms with van der Waals surface area (Å²) in [5.41, 5.74) is 5.87. The van der Waals surface area contributed by atoms with Gasteiger partial charge in [0.25, 0.3) is 0 Å². The predicted molar refractivity (Wildman–Crippen MR) is 76.3 cm³/mol. The van der Waals surface area contributed by atoms with Gasteiger partial charge in [0, 0.05) is 19.1 Å². The molecule has 1 saturated heterocycles. The van der Waals surface area contributed by atoms with Crippen LogP contribution in [0.4, 0.5) is 0 Å². The van der Waals surface area contributed by atoms with Crippen LogP contribution in [0.2, 0.25) is 0 Å². The molecule has 0 aromatic heterocycles. The Morgan fingerprint density at radius 3 is 2.52 bits per heavy atom. The Labute approximate surface area is 123 Å². The number of sulfonamides is 1. The Morgan fingerprint density at radius 1 is 1.24 bits per heavy atom. The summed E-state index contributed by atoms with van der Waals surface area (Å²) in [6.07, 6.45) is 2.22. The van der Waals surface area contributed by atoms with Crippen molar-refractivity contribution in [1.29, 1.82) is 0 Å². The van der Waals surface area contributed by atoms with E-state index in [1.54, 1.807) is 0 Å². The lowest BCUT2D eigenvalue weighted by Crippen LogP contribution is -2.33. The fourth-order valence-corrected chi connectivity index (χ4v) is 4.74. The number of hydrogen-bond acceptors (Lipinski definition) is 4. The Hall–Kier alpha value is -1.44. The van der Waals surface area contributed by atoms with Gasteiger partial charge in [-0.25, -0.2) is 13.2 Å². The monoisotopic (exact) mass is 310 g/mol. The first-order valence-corrected chi connectivity index (χ1v) is 8.43. The van der Waals surface area contributed by atoms with E-state index < -0.39 is 16.0 Å². The number of carboxylic acids is 1. The maximum atomic E-state index is 12.7. The van der Waals surface area contributed by atoms with Gasteiger partial charge in [0.1, 0.15) is 0 Å². The van der Waals surface area contributed by atoms with Crippen molar-refractivity contribution in [3.8, 4) is 0 Å². The minimum atomic E-state index is -3.81. The Bertz CT molecular complexity index is 669. The molecule has 0 bridgehead atoms. The highest BCUT2D eigenvalue weighted by Gasteiger charge is 2.45. The second kappa shape index (κ2) is 5.08. The zero-order valence-corrected chi connectivity index (χ0v) is 12.3. The first-order valence-electron chi connectivity index (χ1n) is 6.99. The van der Waals surface area contributed by atoms with E-state index >= 15 is 0 Å². The van der Waals surface area contributed by atoms with Crippen LogP contribution in [-0.4, -0.2) is 42.9 Å². The summed E-state index contributed by atoms with van der Waals surface area (Å²) < 4.78 is 26.7. The van der Waals surface area contributed by atoms with Crippen LogP contribution in [0.15, 0.2) is 29.2 Å². The molecule has 0 unspecified atom stereocenters. The summed E-state index contributed by atoms with van der Waals surface area (Å²) in [6.45, 7) is 0.652. The van der Waals surface area contributed by atoms with Crippen LogP contribution in [0.3, 0.4) is 0 Å². The average Bonchev–Trinajstić information content (AvgIpc) is 3.21. The molecule has 114 valence electrons. The zero-order chi connectivity index (χ0) is 15.2. The molecule has 6 nitrogen and oxygen atoms in total. The van der Waals surface area contributed by atoms with Gasteiger partial charge in [0.05, 0.1) is 10.5 Å². The van der Waals surface area contributed by atoms with Crippen molar-refractivity contribution >= 4 is 16.0 Å². The first-order chi connectivity index (χ1) is 9.91. The van der Waals surface area contributed by atoms with Gasteiger partial charge in [-0.05, 0) is 36.8 Å². The number of nitrogens with two attached hydrogens (primary N) is 1. The molecule has 3 rings (SSSR count). The van der Waals surface area contributed by atoms with Crippen LogP contribution in [0.1, 0.15) is 23.2 Å². The maximum absolute atomic E-state index is 12.7. The number of aromatic carboxylic acids is 1. The number of hydrogen-bond donors (Lipinski definition) is 2. The van der Waals surface area contributed by atoms with E-state index in [1.165, 1.54) is 28.6 Å². The van der Waals surface area contributed by atoms with Crippen molar-refractivity contribution in [2.24, 2.45) is 17.6 Å². The van der Waals surface area contributed by atoms with E-state index in [1.807, 2.05) is 0 Å². The van der Waals surface area contributed by atoms with Crippen LogP contribution in [0.5, 0.6) is 0 Å². The molecule has 7 heteroatoms. The highest BCUT2D eigenvalue weighted by atomic mass is 32.2. The molecule has 3 N–H and O–H groups in total. The number of rotatable bonds is 4. The lowest BCUT2D eigenvalue weighted by atomic mass is 9.99. The van der Waals surface area contributed by atoms with E-state index in [2.05, 4.69) is 0 Å². The van der Waals surface area contributed by atoms with Crippen LogP contribution in [0, 0.1) is 11.8 Å². The van der Waals surface area contributed by atoms with Gasteiger partial charge in [0.2, 0.25) is 10.0 Å². The van der Waals surface area contributed by atoms with Crippen LogP contribution >= 0.6 is 0 Å². The summed E-state index contributed by atoms with van der Waals surface area (Å²) in [4.78, 5) is 11.1. The van der Waals surface area contributed by atoms with Crippen LogP contribution in [0.25, 0.3) is 0 Å². The van der Waals surface area contributed by atoms with Crippen LogP contribution < -0.4 is 5.73 Å². The smallest absolute Gasteiger partial charge is 0.337 e. The topological polar surface area (TPSA) is 101 Å². The Morgan fingerprint density at radius 2 is 1.90 bits per heavy atom. The molecule has 0 spiro atoms. The van der Waals surface area contributed by atoms with Crippen molar-refractivity contribution in [3.05, 3.63) is 29.8 Å². The summed E-state index contributed by atoms with van der Waals surface area (Å²) >= 11 is 0. The molecule has 1 aromatic carbocycles. The molecule has 1 aliphatic carbocycles. The molecular formula is C14H18N2O4S. The first kappa shape index (κ1) is 14.5. The highest BCUT2D eigenvalue weighted by Crippen LogP contribution is 2.42. The molecule has 1 heterocycles. The molecule has 1 saturated carbocycles. The molecule has 0 radical (unpaired) electrons. The normalized spacial score (nSPS) is 26.9. The van der Waals surface area contributed by atoms with E-state index in [0.29, 0.717) is 12.5 Å². The van der Waals surface area contributed by atoms with Gasteiger partial charge < -0.3 is 10.8 Å². The van der Waals surface area contributed by atoms with E-state index in [-0.39, 0.29) is 29.0 Å². The quantitative estimate of drug-likeness (QED) is 0.854. The van der Waals surface area contributed by atoms with E-state index in [0.717, 1.165) is 12.8 Å². The Kier molecular flexibility index (Phi) is 3.51. The second-order valence-electron chi connectivity index (χ2n) is 5.79. The lowest BCUT2D eigenvalue weighted by Gasteiger charge is -2.17. The number of carboxylic acid groups (broad SMARTS) is 1. The van der Waals surface area contributed by atoms with E-state index in [4.69, 9.17) is 10.8 Å². The minimum Gasteiger partial charge on any atom is -0.478 e. The highest BCUT2D eigenvalue weighted by molar-refractivity contribution is 7.89. The fourth-order valence-electron chi connectivity index (χ4n) is 3.04. The molecule has 2 fully saturated rings. The van der Waals surface area contributed by atoms with Crippen molar-refractivity contribution in [2.45, 2.75) is 23.8 Å². The van der Waals surface area contributed by atoms with Crippen molar-refractivity contribution in [3.63, 3.8) is 0 Å². The molecule has 21 heavy (non-hydrogen) atoms. The molecule has 1 aliphatic heterocycles. The minimum absolute atomic E-state index is 0.152.